The molecule has 2 saturated heterocycles. The van der Waals surface area contributed by atoms with E-state index in [2.05, 4.69) is 13.8 Å². The third-order valence-corrected chi connectivity index (χ3v) is 11.4. The first kappa shape index (κ1) is 23.3. The van der Waals surface area contributed by atoms with Crippen LogP contribution in [0.1, 0.15) is 71.6 Å². The summed E-state index contributed by atoms with van der Waals surface area (Å²) in [7, 11) is 3.10. The van der Waals surface area contributed by atoms with E-state index in [1.165, 1.54) is 32.1 Å². The van der Waals surface area contributed by atoms with Gasteiger partial charge in [0.25, 0.3) is 0 Å². The molecule has 2 aliphatic heterocycles. The summed E-state index contributed by atoms with van der Waals surface area (Å²) in [4.78, 5) is 0. The molecule has 0 aliphatic carbocycles. The maximum absolute atomic E-state index is 6.49. The molecule has 0 saturated carbocycles. The van der Waals surface area contributed by atoms with Crippen molar-refractivity contribution in [3.05, 3.63) is 0 Å². The largest absolute Gasteiger partial charge is 0.396 e. The summed E-state index contributed by atoms with van der Waals surface area (Å²) in [5.41, 5.74) is 0.115. The number of epoxide rings is 1. The van der Waals surface area contributed by atoms with E-state index in [0.717, 1.165) is 51.5 Å². The van der Waals surface area contributed by atoms with Crippen LogP contribution in [-0.2, 0) is 23.1 Å². The lowest BCUT2D eigenvalue weighted by molar-refractivity contribution is -0.118. The van der Waals surface area contributed by atoms with Gasteiger partial charge < -0.3 is 23.1 Å². The minimum absolute atomic E-state index is 0.115. The molecule has 0 radical (unpaired) electrons. The third-order valence-electron chi connectivity index (χ3n) is 6.90. The predicted molar refractivity (Wildman–Crippen MR) is 110 cm³/mol. The number of ether oxygens (including phenoxy) is 3. The Morgan fingerprint density at radius 2 is 1.70 bits per heavy atom. The fourth-order valence-electron chi connectivity index (χ4n) is 5.55. The van der Waals surface area contributed by atoms with Crippen LogP contribution >= 0.6 is 0 Å². The van der Waals surface area contributed by atoms with Gasteiger partial charge in [-0.3, -0.25) is 0 Å². The fraction of sp³-hybridized carbons (Fsp3) is 1.00. The van der Waals surface area contributed by atoms with Gasteiger partial charge in [0.2, 0.25) is 0 Å². The van der Waals surface area contributed by atoms with E-state index < -0.39 is 8.56 Å². The van der Waals surface area contributed by atoms with Crippen molar-refractivity contribution in [1.82, 2.24) is 0 Å². The van der Waals surface area contributed by atoms with E-state index in [-0.39, 0.29) is 10.6 Å². The molecule has 2 heterocycles. The van der Waals surface area contributed by atoms with Crippen molar-refractivity contribution in [2.45, 2.75) is 89.0 Å². The Hall–Kier alpha value is 0.0169. The molecule has 27 heavy (non-hydrogen) atoms. The van der Waals surface area contributed by atoms with Gasteiger partial charge in [0.1, 0.15) is 11.3 Å². The van der Waals surface area contributed by atoms with E-state index in [1.54, 1.807) is 0 Å². The van der Waals surface area contributed by atoms with E-state index in [9.17, 15) is 0 Å². The smallest absolute Gasteiger partial charge is 0.371 e. The van der Waals surface area contributed by atoms with Gasteiger partial charge >= 0.3 is 8.56 Å². The van der Waals surface area contributed by atoms with Gasteiger partial charge in [-0.1, -0.05) is 39.5 Å². The summed E-state index contributed by atoms with van der Waals surface area (Å²) in [5, 5.41) is -0.286. The summed E-state index contributed by atoms with van der Waals surface area (Å²) in [5.74, 6) is 0. The molecular weight excluding hydrogens is 360 g/mol. The second-order valence-corrected chi connectivity index (χ2v) is 11.9. The van der Waals surface area contributed by atoms with Gasteiger partial charge in [0.05, 0.1) is 13.2 Å². The number of unbranched alkanes of at least 4 members (excludes halogenated alkanes) is 1. The zero-order valence-electron chi connectivity index (χ0n) is 18.3. The zero-order valence-corrected chi connectivity index (χ0v) is 19.3. The van der Waals surface area contributed by atoms with Crippen molar-refractivity contribution in [3.8, 4) is 0 Å². The molecular formula is C21H42O5Si. The summed E-state index contributed by atoms with van der Waals surface area (Å²) in [6.07, 6.45) is 10.6. The molecule has 0 bridgehead atoms. The zero-order chi connectivity index (χ0) is 19.8. The molecule has 0 aromatic carbocycles. The highest BCUT2D eigenvalue weighted by Gasteiger charge is 2.68. The van der Waals surface area contributed by atoms with Crippen LogP contribution in [0.25, 0.3) is 0 Å². The standard InChI is InChI=1S/C21H42O5Si/c1-6-8-12-20(13-9-15-25-17-19-18-26-19)14-10-16-27(23-4,24-5)21(20,22-3)11-7-2/h19H,6-18H2,1-5H3. The first-order valence-corrected chi connectivity index (χ1v) is 13.0. The van der Waals surface area contributed by atoms with E-state index in [1.807, 2.05) is 21.3 Å². The Kier molecular flexibility index (Phi) is 9.23. The summed E-state index contributed by atoms with van der Waals surface area (Å²) < 4.78 is 30.0. The number of hydrogen-bond donors (Lipinski definition) is 0. The Morgan fingerprint density at radius 1 is 1.00 bits per heavy atom. The van der Waals surface area contributed by atoms with Crippen molar-refractivity contribution in [2.75, 3.05) is 41.2 Å². The van der Waals surface area contributed by atoms with Crippen LogP contribution in [0.2, 0.25) is 6.04 Å². The first-order chi connectivity index (χ1) is 13.1. The molecule has 0 aromatic heterocycles. The molecule has 0 aromatic rings. The van der Waals surface area contributed by atoms with Crippen LogP contribution in [0.5, 0.6) is 0 Å². The van der Waals surface area contributed by atoms with Gasteiger partial charge in [0, 0.05) is 33.4 Å². The molecule has 2 aliphatic rings. The third kappa shape index (κ3) is 4.78. The van der Waals surface area contributed by atoms with E-state index >= 15 is 0 Å². The fourth-order valence-corrected chi connectivity index (χ4v) is 9.96. The highest BCUT2D eigenvalue weighted by atomic mass is 28.4. The molecule has 0 N–H and O–H groups in total. The number of rotatable bonds is 14. The van der Waals surface area contributed by atoms with E-state index in [4.69, 9.17) is 23.1 Å². The second-order valence-electron chi connectivity index (χ2n) is 8.31. The predicted octanol–water partition coefficient (Wildman–Crippen LogP) is 4.61. The Labute approximate surface area is 167 Å². The maximum atomic E-state index is 6.49. The van der Waals surface area contributed by atoms with Crippen LogP contribution < -0.4 is 0 Å². The summed E-state index contributed by atoms with van der Waals surface area (Å²) in [6.45, 7) is 6.93. The van der Waals surface area contributed by atoms with E-state index in [0.29, 0.717) is 6.10 Å². The second kappa shape index (κ2) is 10.7. The topological polar surface area (TPSA) is 49.5 Å². The molecule has 2 rings (SSSR count). The normalized spacial score (nSPS) is 32.6. The molecule has 5 nitrogen and oxygen atoms in total. The Balaban J connectivity index is 2.23. The highest BCUT2D eigenvalue weighted by Crippen LogP contribution is 2.58. The van der Waals surface area contributed by atoms with Crippen molar-refractivity contribution in [1.29, 1.82) is 0 Å². The van der Waals surface area contributed by atoms with Gasteiger partial charge in [-0.05, 0) is 38.1 Å². The van der Waals surface area contributed by atoms with Crippen LogP contribution in [-0.4, -0.2) is 61.0 Å². The Morgan fingerprint density at radius 3 is 2.26 bits per heavy atom. The lowest BCUT2D eigenvalue weighted by Gasteiger charge is -2.59. The van der Waals surface area contributed by atoms with Crippen LogP contribution in [0, 0.1) is 5.41 Å². The van der Waals surface area contributed by atoms with Crippen molar-refractivity contribution < 1.29 is 23.1 Å². The minimum Gasteiger partial charge on any atom is -0.396 e. The minimum atomic E-state index is -2.48. The van der Waals surface area contributed by atoms with Gasteiger partial charge in [-0.15, -0.1) is 0 Å². The van der Waals surface area contributed by atoms with Crippen molar-refractivity contribution >= 4 is 8.56 Å². The molecule has 2 fully saturated rings. The number of hydrogen-bond acceptors (Lipinski definition) is 5. The number of methoxy groups -OCH3 is 1. The van der Waals surface area contributed by atoms with Crippen LogP contribution in [0.4, 0.5) is 0 Å². The molecule has 6 heteroatoms. The van der Waals surface area contributed by atoms with Gasteiger partial charge in [-0.2, -0.15) is 0 Å². The SMILES string of the molecule is CCCCC1(CCCOCC2CO2)CCC[Si](OC)(OC)C1(CCC)OC. The lowest BCUT2D eigenvalue weighted by Crippen LogP contribution is -2.72. The average Bonchev–Trinajstić information content (AvgIpc) is 3.52. The molecule has 3 unspecified atom stereocenters. The molecule has 160 valence electrons. The van der Waals surface area contributed by atoms with Crippen molar-refractivity contribution in [3.63, 3.8) is 0 Å². The maximum Gasteiger partial charge on any atom is 0.371 e. The molecule has 3 atom stereocenters. The quantitative estimate of drug-likeness (QED) is 0.241. The van der Waals surface area contributed by atoms with Crippen LogP contribution in [0.3, 0.4) is 0 Å². The molecule has 0 amide bonds. The average molecular weight is 403 g/mol. The monoisotopic (exact) mass is 402 g/mol. The Bertz CT molecular complexity index is 427. The van der Waals surface area contributed by atoms with Gasteiger partial charge in [-0.25, -0.2) is 0 Å². The first-order valence-electron chi connectivity index (χ1n) is 10.9. The van der Waals surface area contributed by atoms with Crippen molar-refractivity contribution in [2.24, 2.45) is 5.41 Å². The van der Waals surface area contributed by atoms with Crippen LogP contribution in [0.15, 0.2) is 0 Å². The lowest BCUT2D eigenvalue weighted by atomic mass is 9.68. The van der Waals surface area contributed by atoms with Gasteiger partial charge in [0.15, 0.2) is 0 Å². The molecule has 0 spiro atoms. The summed E-state index contributed by atoms with van der Waals surface area (Å²) in [6, 6.07) is 1.03. The summed E-state index contributed by atoms with van der Waals surface area (Å²) >= 11 is 0. The highest BCUT2D eigenvalue weighted by molar-refractivity contribution is 6.71.